The average molecular weight is 520 g/mol. The molecule has 0 amide bonds. The average Bonchev–Trinajstić information content (AvgIpc) is 2.80. The zero-order chi connectivity index (χ0) is 25.3. The molecule has 0 aliphatic carbocycles. The Labute approximate surface area is 205 Å². The van der Waals surface area contributed by atoms with Gasteiger partial charge in [-0.15, -0.1) is 0 Å². The second kappa shape index (κ2) is 9.67. The number of hydrogen-bond donors (Lipinski definition) is 0. The van der Waals surface area contributed by atoms with E-state index in [2.05, 4.69) is 19.9 Å². The number of anilines is 1. The largest absolute Gasteiger partial charge is 0.486 e. The Balaban J connectivity index is 1.59. The Hall–Kier alpha value is -3.44. The molecule has 0 saturated heterocycles. The van der Waals surface area contributed by atoms with Crippen LogP contribution in [0, 0.1) is 18.6 Å². The topological polar surface area (TPSA) is 98.2 Å². The lowest BCUT2D eigenvalue weighted by Gasteiger charge is -2.31. The lowest BCUT2D eigenvalue weighted by molar-refractivity contribution is 0.200. The molecule has 3 aromatic rings. The van der Waals surface area contributed by atoms with Gasteiger partial charge in [0.15, 0.2) is 5.82 Å². The van der Waals surface area contributed by atoms with Gasteiger partial charge in [-0.25, -0.2) is 27.2 Å². The van der Waals surface area contributed by atoms with Gasteiger partial charge in [-0.1, -0.05) is 11.6 Å². The van der Waals surface area contributed by atoms with Gasteiger partial charge in [0, 0.05) is 42.2 Å². The molecule has 0 saturated carbocycles. The van der Waals surface area contributed by atoms with Crippen molar-refractivity contribution in [1.82, 2.24) is 19.9 Å². The van der Waals surface area contributed by atoms with Crippen molar-refractivity contribution in [3.05, 3.63) is 82.2 Å². The maximum absolute atomic E-state index is 13.9. The molecule has 0 spiro atoms. The number of hydrogen-bond acceptors (Lipinski definition) is 8. The first kappa shape index (κ1) is 24.7. The summed E-state index contributed by atoms with van der Waals surface area (Å²) in [5, 5.41) is 0.0881. The molecule has 12 heteroatoms. The zero-order valence-electron chi connectivity index (χ0n) is 19.0. The molecule has 1 aliphatic rings. The van der Waals surface area contributed by atoms with Gasteiger partial charge in [0.2, 0.25) is 15.0 Å². The van der Waals surface area contributed by atoms with Crippen LogP contribution in [0.5, 0.6) is 0 Å². The number of aryl methyl sites for hydroxylation is 1. The lowest BCUT2D eigenvalue weighted by atomic mass is 10.1. The minimum atomic E-state index is -3.58. The van der Waals surface area contributed by atoms with Crippen LogP contribution in [0.2, 0.25) is 0 Å². The fraction of sp³-hybridized carbons (Fsp3) is 0.217. The van der Waals surface area contributed by atoms with Crippen LogP contribution in [-0.2, 0) is 21.2 Å². The molecule has 0 unspecified atom stereocenters. The van der Waals surface area contributed by atoms with Crippen LogP contribution in [-0.4, -0.2) is 41.2 Å². The molecule has 3 aromatic heterocycles. The van der Waals surface area contributed by atoms with Crippen LogP contribution < -0.4 is 4.90 Å². The fourth-order valence-corrected chi connectivity index (χ4v) is 4.13. The summed E-state index contributed by atoms with van der Waals surface area (Å²) >= 11 is 6.50. The molecule has 0 atom stereocenters. The van der Waals surface area contributed by atoms with E-state index in [1.807, 2.05) is 18.7 Å². The summed E-state index contributed by atoms with van der Waals surface area (Å²) in [7, 11) is -3.58. The van der Waals surface area contributed by atoms with Crippen LogP contribution in [0.3, 0.4) is 0 Å². The highest BCUT2D eigenvalue weighted by Gasteiger charge is 2.22. The van der Waals surface area contributed by atoms with E-state index in [0.29, 0.717) is 22.2 Å². The van der Waals surface area contributed by atoms with E-state index in [9.17, 15) is 17.2 Å². The normalized spacial score (nSPS) is 14.2. The van der Waals surface area contributed by atoms with Crippen molar-refractivity contribution >= 4 is 27.1 Å². The van der Waals surface area contributed by atoms with Crippen molar-refractivity contribution in [3.63, 3.8) is 0 Å². The molecule has 4 rings (SSSR count). The van der Waals surface area contributed by atoms with Gasteiger partial charge in [-0.3, -0.25) is 9.97 Å². The van der Waals surface area contributed by atoms with Gasteiger partial charge < -0.3 is 9.64 Å². The van der Waals surface area contributed by atoms with Crippen molar-refractivity contribution in [2.75, 3.05) is 17.7 Å². The van der Waals surface area contributed by atoms with Gasteiger partial charge in [0.1, 0.15) is 23.9 Å². The molecule has 0 aromatic carbocycles. The van der Waals surface area contributed by atoms with E-state index in [1.165, 1.54) is 6.20 Å². The highest BCUT2D eigenvalue weighted by atomic mass is 35.5. The van der Waals surface area contributed by atoms with Crippen LogP contribution in [0.4, 0.5) is 14.5 Å². The number of aromatic nitrogens is 4. The molecular weight excluding hydrogens is 500 g/mol. The van der Waals surface area contributed by atoms with Crippen molar-refractivity contribution in [2.45, 2.75) is 25.6 Å². The Kier molecular flexibility index (Phi) is 6.82. The molecular formula is C23H20ClF2N5O3S. The summed E-state index contributed by atoms with van der Waals surface area (Å²) in [6.07, 6.45) is 6.69. The van der Waals surface area contributed by atoms with E-state index in [0.717, 1.165) is 35.5 Å². The second-order valence-electron chi connectivity index (χ2n) is 7.86. The van der Waals surface area contributed by atoms with E-state index >= 15 is 0 Å². The number of halogens is 3. The summed E-state index contributed by atoms with van der Waals surface area (Å²) in [6.45, 7) is 3.79. The molecule has 182 valence electrons. The van der Waals surface area contributed by atoms with Gasteiger partial charge in [-0.2, -0.15) is 0 Å². The zero-order valence-corrected chi connectivity index (χ0v) is 20.5. The Morgan fingerprint density at radius 2 is 1.89 bits per heavy atom. The van der Waals surface area contributed by atoms with Gasteiger partial charge in [-0.05, 0) is 31.5 Å². The van der Waals surface area contributed by atoms with Gasteiger partial charge in [0.25, 0.3) is 0 Å². The Morgan fingerprint density at radius 1 is 1.11 bits per heavy atom. The molecule has 0 fully saturated rings. The Bertz CT molecular complexity index is 1480. The maximum atomic E-state index is 13.9. The van der Waals surface area contributed by atoms with Crippen LogP contribution in [0.15, 0.2) is 64.5 Å². The van der Waals surface area contributed by atoms with E-state index < -0.39 is 21.5 Å². The maximum Gasteiger partial charge on any atom is 0.247 e. The summed E-state index contributed by atoms with van der Waals surface area (Å²) in [5.41, 5.74) is 3.21. The highest BCUT2D eigenvalue weighted by Crippen LogP contribution is 2.33. The summed E-state index contributed by atoms with van der Waals surface area (Å²) in [6, 6.07) is 4.11. The Morgan fingerprint density at radius 3 is 2.60 bits per heavy atom. The molecule has 35 heavy (non-hydrogen) atoms. The van der Waals surface area contributed by atoms with Gasteiger partial charge >= 0.3 is 0 Å². The monoisotopic (exact) mass is 519 g/mol. The molecule has 4 heterocycles. The predicted molar refractivity (Wildman–Crippen MR) is 126 cm³/mol. The number of rotatable bonds is 6. The fourth-order valence-electron chi connectivity index (χ4n) is 3.38. The quantitative estimate of drug-likeness (QED) is 0.444. The third kappa shape index (κ3) is 5.46. The standard InChI is InChI=1S/C23H20ClF2N5O3S/c1-13-9-28-19(18-4-5-27-23(30-18)35(3,32)33)8-21(13)31-11-16(24)22(6-14(31)2)34-12-20-17(26)7-15(25)10-29-20/h4-10H,11-12H2,1-3H3. The van der Waals surface area contributed by atoms with Crippen LogP contribution >= 0.6 is 11.6 Å². The van der Waals surface area contributed by atoms with Crippen LogP contribution in [0.25, 0.3) is 11.4 Å². The minimum absolute atomic E-state index is 0.0372. The van der Waals surface area contributed by atoms with Crippen molar-refractivity contribution in [2.24, 2.45) is 0 Å². The van der Waals surface area contributed by atoms with Crippen molar-refractivity contribution in [1.29, 1.82) is 0 Å². The molecule has 8 nitrogen and oxygen atoms in total. The molecule has 0 N–H and O–H groups in total. The van der Waals surface area contributed by atoms with Crippen molar-refractivity contribution in [3.8, 4) is 11.4 Å². The number of allylic oxidation sites excluding steroid dienone is 2. The van der Waals surface area contributed by atoms with E-state index in [4.69, 9.17) is 16.3 Å². The molecule has 1 aliphatic heterocycles. The van der Waals surface area contributed by atoms with Crippen molar-refractivity contribution < 1.29 is 21.9 Å². The third-order valence-electron chi connectivity index (χ3n) is 5.17. The number of ether oxygens (including phenoxy) is 1. The smallest absolute Gasteiger partial charge is 0.247 e. The molecule has 0 radical (unpaired) electrons. The number of pyridine rings is 2. The summed E-state index contributed by atoms with van der Waals surface area (Å²) in [5.74, 6) is -1.22. The summed E-state index contributed by atoms with van der Waals surface area (Å²) in [4.78, 5) is 18.0. The van der Waals surface area contributed by atoms with E-state index in [-0.39, 0.29) is 24.0 Å². The lowest BCUT2D eigenvalue weighted by Crippen LogP contribution is -2.27. The van der Waals surface area contributed by atoms with E-state index in [1.54, 1.807) is 24.4 Å². The first-order valence-electron chi connectivity index (χ1n) is 10.3. The minimum Gasteiger partial charge on any atom is -0.486 e. The SMILES string of the molecule is CC1=CC(OCc2ncc(F)cc2F)=C(Cl)CN1c1cc(-c2ccnc(S(C)(=O)=O)n2)ncc1C. The number of sulfone groups is 1. The summed E-state index contributed by atoms with van der Waals surface area (Å²) < 4.78 is 56.3. The van der Waals surface area contributed by atoms with Crippen LogP contribution in [0.1, 0.15) is 18.2 Å². The first-order valence-corrected chi connectivity index (χ1v) is 12.6. The highest BCUT2D eigenvalue weighted by molar-refractivity contribution is 7.90. The molecule has 0 bridgehead atoms. The third-order valence-corrected chi connectivity index (χ3v) is 6.34. The number of nitrogens with zero attached hydrogens (tertiary/aromatic N) is 5. The predicted octanol–water partition coefficient (Wildman–Crippen LogP) is 4.31. The second-order valence-corrected chi connectivity index (χ2v) is 10.2. The first-order chi connectivity index (χ1) is 16.5. The van der Waals surface area contributed by atoms with Gasteiger partial charge in [0.05, 0.1) is 29.2 Å².